The smallest absolute Gasteiger partial charge is 0.269 e. The summed E-state index contributed by atoms with van der Waals surface area (Å²) in [6, 6.07) is 10.0. The van der Waals surface area contributed by atoms with Crippen LogP contribution in [0.1, 0.15) is 53.8 Å². The Kier molecular flexibility index (Phi) is 7.58. The van der Waals surface area contributed by atoms with E-state index in [9.17, 15) is 10.1 Å². The van der Waals surface area contributed by atoms with Gasteiger partial charge in [0.1, 0.15) is 19.7 Å². The van der Waals surface area contributed by atoms with Crippen LogP contribution in [-0.2, 0) is 6.54 Å². The number of nitrogens with zero attached hydrogens (tertiary/aromatic N) is 6. The minimum Gasteiger partial charge on any atom is -0.304 e. The Balaban J connectivity index is 1.48. The van der Waals surface area contributed by atoms with E-state index < -0.39 is 0 Å². The second-order valence-electron chi connectivity index (χ2n) is 9.19. The molecule has 2 fully saturated rings. The Morgan fingerprint density at radius 3 is 2.55 bits per heavy atom. The summed E-state index contributed by atoms with van der Waals surface area (Å²) in [7, 11) is 4.07. The van der Waals surface area contributed by atoms with Gasteiger partial charge in [-0.15, -0.1) is 0 Å². The van der Waals surface area contributed by atoms with Gasteiger partial charge in [0.25, 0.3) is 5.91 Å². The number of hydrogen-bond donors (Lipinski definition) is 1. The zero-order chi connectivity index (χ0) is 23.2. The van der Waals surface area contributed by atoms with Crippen molar-refractivity contribution in [2.24, 2.45) is 0 Å². The molecule has 1 amide bonds. The highest BCUT2D eigenvalue weighted by atomic mass is 16.2. The molecule has 0 radical (unpaired) electrons. The third kappa shape index (κ3) is 5.89. The van der Waals surface area contributed by atoms with Crippen molar-refractivity contribution in [3.63, 3.8) is 0 Å². The Bertz CT molecular complexity index is 993. The van der Waals surface area contributed by atoms with Gasteiger partial charge in [-0.2, -0.15) is 5.26 Å². The van der Waals surface area contributed by atoms with Crippen molar-refractivity contribution in [1.29, 1.82) is 5.26 Å². The van der Waals surface area contributed by atoms with Gasteiger partial charge in [-0.1, -0.05) is 31.4 Å². The van der Waals surface area contributed by atoms with Gasteiger partial charge in [0.2, 0.25) is 5.82 Å². The summed E-state index contributed by atoms with van der Waals surface area (Å²) in [4.78, 5) is 26.5. The molecule has 1 aromatic heterocycles. The number of hydrogen-bond acceptors (Lipinski definition) is 7. The average Bonchev–Trinajstić information content (AvgIpc) is 2.85. The molecule has 2 aromatic rings. The molecule has 9 heteroatoms. The first-order valence-electron chi connectivity index (χ1n) is 11.9. The quantitative estimate of drug-likeness (QED) is 0.521. The van der Waals surface area contributed by atoms with E-state index in [0.29, 0.717) is 11.4 Å². The Morgan fingerprint density at radius 1 is 1.18 bits per heavy atom. The van der Waals surface area contributed by atoms with Crippen LogP contribution in [0.15, 0.2) is 30.5 Å². The highest BCUT2D eigenvalue weighted by Crippen LogP contribution is 2.24. The van der Waals surface area contributed by atoms with Crippen LogP contribution in [0.5, 0.6) is 0 Å². The molecule has 1 N–H and O–H groups in total. The SMILES string of the molecule is Bc1cnc(C#N)nc1N(NC(=O)c1ccc(CN2CCN(C)CC2)cc1)C1CCCCC1. The number of rotatable bonds is 6. The molecule has 1 saturated carbocycles. The summed E-state index contributed by atoms with van der Waals surface area (Å²) in [6.45, 7) is 5.22. The maximum absolute atomic E-state index is 13.2. The van der Waals surface area contributed by atoms with Crippen molar-refractivity contribution >= 4 is 25.0 Å². The lowest BCUT2D eigenvalue weighted by atomic mass is 9.93. The maximum atomic E-state index is 13.2. The standard InChI is InChI=1S/C24H32BN7O/c1-30-11-13-31(14-12-30)17-18-7-9-19(10-8-18)24(33)29-32(20-5-3-2-4-6-20)23-21(25)16-27-22(15-26)28-23/h7-10,16,20H,2-6,11-14,17,25H2,1H3,(H,29,33). The van der Waals surface area contributed by atoms with Crippen molar-refractivity contribution < 1.29 is 4.79 Å². The molecule has 1 aliphatic heterocycles. The van der Waals surface area contributed by atoms with Crippen LogP contribution in [-0.4, -0.2) is 72.8 Å². The molecule has 1 saturated heterocycles. The zero-order valence-electron chi connectivity index (χ0n) is 19.6. The summed E-state index contributed by atoms with van der Waals surface area (Å²) in [5.41, 5.74) is 5.76. The van der Waals surface area contributed by atoms with Gasteiger partial charge < -0.3 is 4.90 Å². The number of piperazine rings is 1. The number of nitriles is 1. The van der Waals surface area contributed by atoms with Crippen molar-refractivity contribution in [3.05, 3.63) is 47.4 Å². The first-order valence-corrected chi connectivity index (χ1v) is 11.9. The molecule has 4 rings (SSSR count). The normalized spacial score (nSPS) is 17.9. The predicted molar refractivity (Wildman–Crippen MR) is 131 cm³/mol. The summed E-state index contributed by atoms with van der Waals surface area (Å²) < 4.78 is 0. The summed E-state index contributed by atoms with van der Waals surface area (Å²) in [5, 5.41) is 11.1. The third-order valence-corrected chi connectivity index (χ3v) is 6.65. The Morgan fingerprint density at radius 2 is 1.88 bits per heavy atom. The van der Waals surface area contributed by atoms with Gasteiger partial charge in [-0.05, 0) is 43.0 Å². The van der Waals surface area contributed by atoms with Crippen LogP contribution in [0.2, 0.25) is 0 Å². The van der Waals surface area contributed by atoms with E-state index in [1.165, 1.54) is 12.0 Å². The van der Waals surface area contributed by atoms with Gasteiger partial charge in [0.05, 0.1) is 6.04 Å². The lowest BCUT2D eigenvalue weighted by Crippen LogP contribution is -2.52. The number of carbonyl (C=O) groups is 1. The molecule has 0 spiro atoms. The van der Waals surface area contributed by atoms with E-state index in [1.807, 2.05) is 43.2 Å². The largest absolute Gasteiger partial charge is 0.304 e. The second kappa shape index (κ2) is 10.8. The first kappa shape index (κ1) is 23.2. The second-order valence-corrected chi connectivity index (χ2v) is 9.19. The van der Waals surface area contributed by atoms with Crippen LogP contribution in [0.3, 0.4) is 0 Å². The van der Waals surface area contributed by atoms with Crippen molar-refractivity contribution in [2.45, 2.75) is 44.7 Å². The van der Waals surface area contributed by atoms with E-state index in [-0.39, 0.29) is 17.8 Å². The maximum Gasteiger partial charge on any atom is 0.269 e. The van der Waals surface area contributed by atoms with Crippen LogP contribution in [0, 0.1) is 11.3 Å². The van der Waals surface area contributed by atoms with Crippen LogP contribution < -0.4 is 15.9 Å². The van der Waals surface area contributed by atoms with E-state index in [4.69, 9.17) is 0 Å². The number of aromatic nitrogens is 2. The van der Waals surface area contributed by atoms with E-state index >= 15 is 0 Å². The van der Waals surface area contributed by atoms with Crippen LogP contribution >= 0.6 is 0 Å². The number of amides is 1. The molecular weight excluding hydrogens is 413 g/mol. The molecule has 0 unspecified atom stereocenters. The van der Waals surface area contributed by atoms with Crippen molar-refractivity contribution in [2.75, 3.05) is 38.2 Å². The predicted octanol–water partition coefficient (Wildman–Crippen LogP) is 0.838. The average molecular weight is 445 g/mol. The Labute approximate surface area is 197 Å². The first-order chi connectivity index (χ1) is 16.0. The monoisotopic (exact) mass is 445 g/mol. The minimum absolute atomic E-state index is 0.110. The molecule has 2 heterocycles. The lowest BCUT2D eigenvalue weighted by molar-refractivity contribution is 0.0941. The van der Waals surface area contributed by atoms with Crippen LogP contribution in [0.25, 0.3) is 0 Å². The number of carbonyl (C=O) groups excluding carboxylic acids is 1. The molecule has 8 nitrogen and oxygen atoms in total. The number of benzene rings is 1. The highest BCUT2D eigenvalue weighted by molar-refractivity contribution is 6.35. The number of likely N-dealkylation sites (N-methyl/N-ethyl adjacent to an activating group) is 1. The van der Waals surface area contributed by atoms with E-state index in [1.54, 1.807) is 6.20 Å². The van der Waals surface area contributed by atoms with Gasteiger partial charge in [-0.3, -0.25) is 20.1 Å². The van der Waals surface area contributed by atoms with Crippen LogP contribution in [0.4, 0.5) is 5.82 Å². The van der Waals surface area contributed by atoms with Gasteiger partial charge in [0, 0.05) is 44.5 Å². The fraction of sp³-hybridized carbons (Fsp3) is 0.500. The fourth-order valence-corrected chi connectivity index (χ4v) is 4.59. The number of anilines is 1. The topological polar surface area (TPSA) is 88.4 Å². The summed E-state index contributed by atoms with van der Waals surface area (Å²) in [6.07, 6.45) is 7.06. The zero-order valence-corrected chi connectivity index (χ0v) is 19.6. The highest BCUT2D eigenvalue weighted by Gasteiger charge is 2.26. The molecule has 1 aromatic carbocycles. The molecule has 172 valence electrons. The summed E-state index contributed by atoms with van der Waals surface area (Å²) in [5.74, 6) is 0.552. The third-order valence-electron chi connectivity index (χ3n) is 6.65. The Hall–Kier alpha value is -2.96. The van der Waals surface area contributed by atoms with E-state index in [0.717, 1.165) is 63.9 Å². The lowest BCUT2D eigenvalue weighted by Gasteiger charge is -2.36. The molecule has 0 bridgehead atoms. The number of nitrogens with one attached hydrogen (secondary N) is 1. The van der Waals surface area contributed by atoms with Gasteiger partial charge in [0.15, 0.2) is 0 Å². The summed E-state index contributed by atoms with van der Waals surface area (Å²) >= 11 is 0. The molecule has 33 heavy (non-hydrogen) atoms. The van der Waals surface area contributed by atoms with E-state index in [2.05, 4.69) is 32.2 Å². The minimum atomic E-state index is -0.164. The molecule has 2 aliphatic rings. The van der Waals surface area contributed by atoms with Crippen molar-refractivity contribution in [3.8, 4) is 6.07 Å². The molecule has 1 aliphatic carbocycles. The molecule has 0 atom stereocenters. The van der Waals surface area contributed by atoms with Gasteiger partial charge >= 0.3 is 0 Å². The molecular formula is C24H32BN7O. The van der Waals surface area contributed by atoms with Crippen molar-refractivity contribution in [1.82, 2.24) is 25.2 Å². The fourth-order valence-electron chi connectivity index (χ4n) is 4.59. The van der Waals surface area contributed by atoms with Gasteiger partial charge in [-0.25, -0.2) is 9.97 Å². The number of hydrazine groups is 1.